The molecule has 0 amide bonds. The minimum atomic E-state index is -2.45. The summed E-state index contributed by atoms with van der Waals surface area (Å²) in [6.07, 6.45) is 3.28. The van der Waals surface area contributed by atoms with Crippen molar-refractivity contribution >= 4 is 8.80 Å². The van der Waals surface area contributed by atoms with Gasteiger partial charge in [0.25, 0.3) is 0 Å². The van der Waals surface area contributed by atoms with E-state index in [0.29, 0.717) is 5.92 Å². The van der Waals surface area contributed by atoms with E-state index in [1.54, 1.807) is 21.3 Å². The molecule has 0 aromatic carbocycles. The van der Waals surface area contributed by atoms with E-state index in [1.165, 1.54) is 0 Å². The van der Waals surface area contributed by atoms with E-state index in [0.717, 1.165) is 31.7 Å². The topological polar surface area (TPSA) is 27.7 Å². The van der Waals surface area contributed by atoms with Gasteiger partial charge in [0, 0.05) is 30.1 Å². The van der Waals surface area contributed by atoms with Gasteiger partial charge in [-0.1, -0.05) is 32.1 Å². The van der Waals surface area contributed by atoms with Crippen LogP contribution in [0.25, 0.3) is 0 Å². The van der Waals surface area contributed by atoms with Crippen molar-refractivity contribution in [1.82, 2.24) is 0 Å². The Labute approximate surface area is 97.3 Å². The molecule has 4 heteroatoms. The van der Waals surface area contributed by atoms with Gasteiger partial charge in [0.05, 0.1) is 0 Å². The summed E-state index contributed by atoms with van der Waals surface area (Å²) >= 11 is 0. The molecule has 1 aliphatic rings. The zero-order valence-electron chi connectivity index (χ0n) is 12.0. The lowest BCUT2D eigenvalue weighted by atomic mass is 9.88. The molecular formula is C11H24O3Si. The van der Waals surface area contributed by atoms with Crippen molar-refractivity contribution in [3.05, 3.63) is 0 Å². The van der Waals surface area contributed by atoms with E-state index in [2.05, 4.69) is 0 Å². The highest BCUT2D eigenvalue weighted by Crippen LogP contribution is 2.30. The molecule has 3 atom stereocenters. The van der Waals surface area contributed by atoms with E-state index in [-0.39, 0.29) is 12.8 Å². The van der Waals surface area contributed by atoms with E-state index >= 15 is 0 Å². The minimum absolute atomic E-state index is 0.194. The van der Waals surface area contributed by atoms with Gasteiger partial charge in [-0.15, -0.1) is 0 Å². The first-order chi connectivity index (χ1) is 8.06. The Hall–Kier alpha value is 0.0969. The molecule has 0 aromatic heterocycles. The number of hydrogen-bond donors (Lipinski definition) is 0. The van der Waals surface area contributed by atoms with Crippen molar-refractivity contribution in [1.29, 1.82) is 0 Å². The third-order valence-electron chi connectivity index (χ3n) is 3.17. The van der Waals surface area contributed by atoms with E-state index < -0.39 is 8.80 Å². The van der Waals surface area contributed by atoms with Gasteiger partial charge >= 0.3 is 8.80 Å². The van der Waals surface area contributed by atoms with Crippen molar-refractivity contribution < 1.29 is 16.0 Å². The molecule has 0 bridgehead atoms. The van der Waals surface area contributed by atoms with Crippen molar-refractivity contribution in [2.24, 2.45) is 5.92 Å². The minimum Gasteiger partial charge on any atom is -0.377 e. The Morgan fingerprint density at radius 1 is 1.13 bits per heavy atom. The number of hydrogen-bond acceptors (Lipinski definition) is 3. The largest absolute Gasteiger partial charge is 0.500 e. The average Bonchev–Trinajstić information content (AvgIpc) is 2.36. The molecule has 0 aromatic rings. The molecular weight excluding hydrogens is 208 g/mol. The maximum absolute atomic E-state index is 7.81. The summed E-state index contributed by atoms with van der Waals surface area (Å²) in [5, 5.41) is 0. The van der Waals surface area contributed by atoms with Gasteiger partial charge in [-0.2, -0.15) is 0 Å². The summed E-state index contributed by atoms with van der Waals surface area (Å²) < 4.78 is 31.6. The molecule has 0 radical (unpaired) electrons. The van der Waals surface area contributed by atoms with Crippen molar-refractivity contribution in [3.63, 3.8) is 0 Å². The highest BCUT2D eigenvalue weighted by atomic mass is 28.4. The zero-order chi connectivity index (χ0) is 12.9. The zero-order valence-corrected chi connectivity index (χ0v) is 11.0. The van der Waals surface area contributed by atoms with Crippen molar-refractivity contribution in [3.8, 4) is 0 Å². The third-order valence-corrected chi connectivity index (χ3v) is 5.94. The molecule has 3 nitrogen and oxygen atoms in total. The van der Waals surface area contributed by atoms with Gasteiger partial charge in [-0.3, -0.25) is 0 Å². The van der Waals surface area contributed by atoms with E-state index in [4.69, 9.17) is 16.0 Å². The van der Waals surface area contributed by atoms with Crippen LogP contribution in [-0.2, 0) is 13.3 Å². The number of rotatable bonds is 6. The average molecular weight is 234 g/mol. The SMILES string of the molecule is [2H]C1CCC(CC[Si](OC)(OC)OC)CC1[2H]. The highest BCUT2D eigenvalue weighted by molar-refractivity contribution is 6.60. The second-order valence-electron chi connectivity index (χ2n) is 3.98. The van der Waals surface area contributed by atoms with Gasteiger partial charge in [0.15, 0.2) is 0 Å². The lowest BCUT2D eigenvalue weighted by Crippen LogP contribution is -2.43. The normalized spacial score (nSPS) is 34.7. The van der Waals surface area contributed by atoms with E-state index in [9.17, 15) is 0 Å². The Balaban J connectivity index is 2.39. The molecule has 0 saturated heterocycles. The first kappa shape index (κ1) is 10.3. The van der Waals surface area contributed by atoms with Crippen LogP contribution in [0.15, 0.2) is 0 Å². The van der Waals surface area contributed by atoms with Gasteiger partial charge in [-0.05, 0) is 12.3 Å². The summed E-state index contributed by atoms with van der Waals surface area (Å²) in [6.45, 7) is 0. The molecule has 0 spiro atoms. The Bertz CT molecular complexity index is 218. The van der Waals surface area contributed by atoms with Gasteiger partial charge in [-0.25, -0.2) is 0 Å². The van der Waals surface area contributed by atoms with Crippen LogP contribution in [0.5, 0.6) is 0 Å². The van der Waals surface area contributed by atoms with Crippen LogP contribution < -0.4 is 0 Å². The van der Waals surface area contributed by atoms with Gasteiger partial charge in [0.2, 0.25) is 0 Å². The Morgan fingerprint density at radius 3 is 2.33 bits per heavy atom. The first-order valence-corrected chi connectivity index (χ1v) is 7.50. The third kappa shape index (κ3) is 3.87. The molecule has 1 rings (SSSR count). The van der Waals surface area contributed by atoms with Crippen molar-refractivity contribution in [2.45, 2.75) is 44.5 Å². The van der Waals surface area contributed by atoms with Crippen LogP contribution in [-0.4, -0.2) is 30.1 Å². The van der Waals surface area contributed by atoms with Gasteiger partial charge in [0.1, 0.15) is 0 Å². The smallest absolute Gasteiger partial charge is 0.377 e. The molecule has 90 valence electrons. The summed E-state index contributed by atoms with van der Waals surface area (Å²) in [4.78, 5) is 0. The van der Waals surface area contributed by atoms with Crippen LogP contribution in [0, 0.1) is 5.92 Å². The molecule has 1 aliphatic carbocycles. The van der Waals surface area contributed by atoms with Crippen LogP contribution >= 0.6 is 0 Å². The van der Waals surface area contributed by atoms with Crippen LogP contribution in [0.1, 0.15) is 41.2 Å². The molecule has 1 saturated carbocycles. The fourth-order valence-electron chi connectivity index (χ4n) is 2.06. The fraction of sp³-hybridized carbons (Fsp3) is 1.00. The first-order valence-electron chi connectivity index (χ1n) is 6.72. The summed E-state index contributed by atoms with van der Waals surface area (Å²) in [6, 6.07) is 0.802. The van der Waals surface area contributed by atoms with E-state index in [1.807, 2.05) is 0 Å². The molecule has 1 fully saturated rings. The molecule has 15 heavy (non-hydrogen) atoms. The predicted molar refractivity (Wildman–Crippen MR) is 62.8 cm³/mol. The second kappa shape index (κ2) is 6.63. The lowest BCUT2D eigenvalue weighted by Gasteiger charge is -2.27. The lowest BCUT2D eigenvalue weighted by molar-refractivity contribution is 0.120. The molecule has 0 aliphatic heterocycles. The summed E-state index contributed by atoms with van der Waals surface area (Å²) in [5.41, 5.74) is 0. The summed E-state index contributed by atoms with van der Waals surface area (Å²) in [7, 11) is 2.45. The quantitative estimate of drug-likeness (QED) is 0.661. The maximum atomic E-state index is 7.81. The molecule has 0 heterocycles. The molecule has 3 unspecified atom stereocenters. The van der Waals surface area contributed by atoms with Crippen molar-refractivity contribution in [2.75, 3.05) is 21.3 Å². The Morgan fingerprint density at radius 2 is 1.80 bits per heavy atom. The molecule has 0 N–H and O–H groups in total. The maximum Gasteiger partial charge on any atom is 0.500 e. The standard InChI is InChI=1S/C11H24O3Si/c1-12-15(13-2,14-3)10-9-11-7-5-4-6-8-11/h11H,4-10H2,1-3H3/i4D,5D. The monoisotopic (exact) mass is 234 g/mol. The second-order valence-corrected chi connectivity index (χ2v) is 7.08. The fourth-order valence-corrected chi connectivity index (χ4v) is 3.93. The Kier molecular flexibility index (Phi) is 4.54. The highest BCUT2D eigenvalue weighted by Gasteiger charge is 2.37. The van der Waals surface area contributed by atoms with Crippen LogP contribution in [0.4, 0.5) is 0 Å². The summed E-state index contributed by atoms with van der Waals surface area (Å²) in [5.74, 6) is 0.520. The van der Waals surface area contributed by atoms with Crippen LogP contribution in [0.3, 0.4) is 0 Å². The van der Waals surface area contributed by atoms with Gasteiger partial charge < -0.3 is 13.3 Å². The predicted octanol–water partition coefficient (Wildman–Crippen LogP) is 2.83. The van der Waals surface area contributed by atoms with Crippen LogP contribution in [0.2, 0.25) is 6.04 Å².